The molecule has 0 aliphatic carbocycles. The van der Waals surface area contributed by atoms with Crippen molar-refractivity contribution in [2.75, 3.05) is 11.1 Å². The van der Waals surface area contributed by atoms with Gasteiger partial charge in [-0.3, -0.25) is 4.79 Å². The molecule has 0 aliphatic rings. The number of carbonyl (C=O) groups is 1. The number of nitrogens with one attached hydrogen (secondary N) is 1. The first-order valence-corrected chi connectivity index (χ1v) is 9.75. The average Bonchev–Trinajstić information content (AvgIpc) is 3.17. The third kappa shape index (κ3) is 3.80. The van der Waals surface area contributed by atoms with Crippen LogP contribution in [-0.2, 0) is 9.84 Å². The van der Waals surface area contributed by atoms with Crippen LogP contribution in [0.25, 0.3) is 5.82 Å². The number of hydrogen-bond donors (Lipinski definition) is 1. The molecule has 0 bridgehead atoms. The molecule has 0 fully saturated rings. The molecule has 1 amide bonds. The van der Waals surface area contributed by atoms with Gasteiger partial charge in [0.2, 0.25) is 0 Å². The summed E-state index contributed by atoms with van der Waals surface area (Å²) in [7, 11) is -3.50. The molecule has 0 saturated carbocycles. The molecule has 0 unspecified atom stereocenters. The number of hydrogen-bond acceptors (Lipinski definition) is 5. The fraction of sp³-hybridized carbons (Fsp3) is 0.167. The Morgan fingerprint density at radius 1 is 1.15 bits per heavy atom. The van der Waals surface area contributed by atoms with Crippen LogP contribution in [-0.4, -0.2) is 34.8 Å². The van der Waals surface area contributed by atoms with E-state index in [2.05, 4.69) is 15.4 Å². The molecule has 2 heterocycles. The Hall–Kier alpha value is -3.00. The highest BCUT2D eigenvalue weighted by Crippen LogP contribution is 2.19. The highest BCUT2D eigenvalue weighted by molar-refractivity contribution is 7.91. The van der Waals surface area contributed by atoms with Crippen LogP contribution >= 0.6 is 0 Å². The average molecular weight is 370 g/mol. The second-order valence-electron chi connectivity index (χ2n) is 5.62. The zero-order valence-corrected chi connectivity index (χ0v) is 15.0. The lowest BCUT2D eigenvalue weighted by Crippen LogP contribution is -2.18. The number of anilines is 1. The molecule has 3 aromatic rings. The van der Waals surface area contributed by atoms with E-state index in [-0.39, 0.29) is 16.2 Å². The summed E-state index contributed by atoms with van der Waals surface area (Å²) in [5.41, 5.74) is 0.589. The molecule has 1 aromatic carbocycles. The minimum Gasteiger partial charge on any atom is -0.321 e. The molecule has 0 saturated heterocycles. The van der Waals surface area contributed by atoms with E-state index in [1.165, 1.54) is 18.3 Å². The van der Waals surface area contributed by atoms with E-state index < -0.39 is 15.7 Å². The van der Waals surface area contributed by atoms with E-state index in [0.29, 0.717) is 17.9 Å². The van der Waals surface area contributed by atoms with Gasteiger partial charge in [0.05, 0.1) is 28.1 Å². The first-order chi connectivity index (χ1) is 12.5. The molecule has 26 heavy (non-hydrogen) atoms. The fourth-order valence-corrected chi connectivity index (χ4v) is 4.04. The Morgan fingerprint density at radius 2 is 1.96 bits per heavy atom. The molecule has 3 rings (SSSR count). The summed E-state index contributed by atoms with van der Waals surface area (Å²) in [6.45, 7) is 1.78. The summed E-state index contributed by atoms with van der Waals surface area (Å²) in [5, 5.41) is 6.77. The first kappa shape index (κ1) is 17.8. The van der Waals surface area contributed by atoms with Crippen molar-refractivity contribution in [2.45, 2.75) is 18.2 Å². The van der Waals surface area contributed by atoms with Crippen LogP contribution in [0.2, 0.25) is 0 Å². The van der Waals surface area contributed by atoms with Crippen LogP contribution in [0.3, 0.4) is 0 Å². The van der Waals surface area contributed by atoms with E-state index >= 15 is 0 Å². The smallest absolute Gasteiger partial charge is 0.257 e. The van der Waals surface area contributed by atoms with Crippen LogP contribution in [0, 0.1) is 0 Å². The van der Waals surface area contributed by atoms with Gasteiger partial charge in [0.1, 0.15) is 0 Å². The number of rotatable bonds is 6. The van der Waals surface area contributed by atoms with Gasteiger partial charge in [0.15, 0.2) is 15.7 Å². The molecule has 0 aliphatic heterocycles. The van der Waals surface area contributed by atoms with Gasteiger partial charge < -0.3 is 5.32 Å². The molecule has 0 radical (unpaired) electrons. The van der Waals surface area contributed by atoms with Crippen molar-refractivity contribution in [3.63, 3.8) is 0 Å². The molecule has 1 N–H and O–H groups in total. The number of amides is 1. The van der Waals surface area contributed by atoms with Crippen LogP contribution < -0.4 is 5.32 Å². The molecule has 0 spiro atoms. The fourth-order valence-electron chi connectivity index (χ4n) is 2.50. The summed E-state index contributed by atoms with van der Waals surface area (Å²) in [4.78, 5) is 16.9. The molecular formula is C18H18N4O3S. The molecule has 7 nitrogen and oxygen atoms in total. The predicted octanol–water partition coefficient (Wildman–Crippen LogP) is 2.70. The van der Waals surface area contributed by atoms with Gasteiger partial charge in [-0.15, -0.1) is 0 Å². The van der Waals surface area contributed by atoms with Gasteiger partial charge in [0.25, 0.3) is 5.91 Å². The van der Waals surface area contributed by atoms with Gasteiger partial charge in [-0.2, -0.15) is 5.10 Å². The minimum atomic E-state index is -3.50. The lowest BCUT2D eigenvalue weighted by atomic mass is 10.2. The van der Waals surface area contributed by atoms with Crippen molar-refractivity contribution in [1.82, 2.24) is 14.8 Å². The van der Waals surface area contributed by atoms with E-state index in [4.69, 9.17) is 0 Å². The molecule has 134 valence electrons. The van der Waals surface area contributed by atoms with Crippen LogP contribution in [0.4, 0.5) is 5.69 Å². The molecule has 8 heteroatoms. The molecule has 0 atom stereocenters. The van der Waals surface area contributed by atoms with Gasteiger partial charge in [-0.25, -0.2) is 18.1 Å². The maximum absolute atomic E-state index is 12.6. The molecular weight excluding hydrogens is 352 g/mol. The summed E-state index contributed by atoms with van der Waals surface area (Å²) < 4.78 is 26.4. The Kier molecular flexibility index (Phi) is 5.13. The van der Waals surface area contributed by atoms with Gasteiger partial charge in [0, 0.05) is 12.4 Å². The van der Waals surface area contributed by atoms with Crippen molar-refractivity contribution >= 4 is 21.4 Å². The van der Waals surface area contributed by atoms with Crippen LogP contribution in [0.5, 0.6) is 0 Å². The number of nitrogens with zero attached hydrogens (tertiary/aromatic N) is 3. The normalized spacial score (nSPS) is 11.3. The van der Waals surface area contributed by atoms with Crippen LogP contribution in [0.15, 0.2) is 66.0 Å². The molecule has 2 aromatic heterocycles. The largest absolute Gasteiger partial charge is 0.321 e. The minimum absolute atomic E-state index is 0.00256. The van der Waals surface area contributed by atoms with Gasteiger partial charge in [-0.05, 0) is 36.8 Å². The maximum atomic E-state index is 12.6. The summed E-state index contributed by atoms with van der Waals surface area (Å²) >= 11 is 0. The number of sulfone groups is 1. The number of pyridine rings is 1. The van der Waals surface area contributed by atoms with Crippen molar-refractivity contribution in [1.29, 1.82) is 0 Å². The zero-order chi connectivity index (χ0) is 18.6. The quantitative estimate of drug-likeness (QED) is 0.720. The van der Waals surface area contributed by atoms with Crippen molar-refractivity contribution in [3.05, 3.63) is 66.6 Å². The van der Waals surface area contributed by atoms with E-state index in [0.717, 1.165) is 0 Å². The Labute approximate surface area is 151 Å². The van der Waals surface area contributed by atoms with E-state index in [9.17, 15) is 13.2 Å². The topological polar surface area (TPSA) is 94.0 Å². The zero-order valence-electron chi connectivity index (χ0n) is 14.2. The SMILES string of the molecule is CCCS(=O)(=O)c1ccccc1C(=O)Nc1ccc(-n2cccn2)nc1. The summed E-state index contributed by atoms with van der Waals surface area (Å²) in [6.07, 6.45) is 5.38. The predicted molar refractivity (Wildman–Crippen MR) is 98.1 cm³/mol. The Bertz CT molecular complexity index is 997. The number of carbonyl (C=O) groups excluding carboxylic acids is 1. The Balaban J connectivity index is 1.83. The summed E-state index contributed by atoms with van der Waals surface area (Å²) in [6, 6.07) is 11.4. The number of aromatic nitrogens is 3. The lowest BCUT2D eigenvalue weighted by molar-refractivity contribution is 0.102. The standard InChI is InChI=1S/C18H18N4O3S/c1-2-12-26(24,25)16-7-4-3-6-15(16)18(23)21-14-8-9-17(19-13-14)22-11-5-10-20-22/h3-11,13H,2,12H2,1H3,(H,21,23). The second kappa shape index (κ2) is 7.49. The van der Waals surface area contributed by atoms with Crippen molar-refractivity contribution in [2.24, 2.45) is 0 Å². The monoisotopic (exact) mass is 370 g/mol. The summed E-state index contributed by atoms with van der Waals surface area (Å²) in [5.74, 6) is 0.116. The van der Waals surface area contributed by atoms with Crippen molar-refractivity contribution in [3.8, 4) is 5.82 Å². The third-order valence-corrected chi connectivity index (χ3v) is 5.66. The van der Waals surface area contributed by atoms with Gasteiger partial charge in [-0.1, -0.05) is 19.1 Å². The highest BCUT2D eigenvalue weighted by Gasteiger charge is 2.21. The third-order valence-electron chi connectivity index (χ3n) is 3.68. The van der Waals surface area contributed by atoms with Crippen molar-refractivity contribution < 1.29 is 13.2 Å². The highest BCUT2D eigenvalue weighted by atomic mass is 32.2. The maximum Gasteiger partial charge on any atom is 0.257 e. The first-order valence-electron chi connectivity index (χ1n) is 8.10. The van der Waals surface area contributed by atoms with E-state index in [1.54, 1.807) is 54.3 Å². The Morgan fingerprint density at radius 3 is 2.62 bits per heavy atom. The van der Waals surface area contributed by atoms with Crippen LogP contribution in [0.1, 0.15) is 23.7 Å². The van der Waals surface area contributed by atoms with E-state index in [1.807, 2.05) is 0 Å². The van der Waals surface area contributed by atoms with Gasteiger partial charge >= 0.3 is 0 Å². The second-order valence-corrected chi connectivity index (χ2v) is 7.70. The lowest BCUT2D eigenvalue weighted by Gasteiger charge is -2.10. The number of benzene rings is 1.